The number of esters is 1. The van der Waals surface area contributed by atoms with Gasteiger partial charge < -0.3 is 9.84 Å². The molecule has 0 aliphatic heterocycles. The van der Waals surface area contributed by atoms with E-state index in [1.807, 2.05) is 6.92 Å². The number of carbonyl (C=O) groups excluding carboxylic acids is 1. The van der Waals surface area contributed by atoms with E-state index in [0.29, 0.717) is 6.61 Å². The van der Waals surface area contributed by atoms with E-state index in [4.69, 9.17) is 9.84 Å². The Morgan fingerprint density at radius 2 is 2.13 bits per heavy atom. The third-order valence-electron chi connectivity index (χ3n) is 2.55. The lowest BCUT2D eigenvalue weighted by Gasteiger charge is -2.23. The molecule has 0 saturated heterocycles. The van der Waals surface area contributed by atoms with Crippen molar-refractivity contribution in [2.75, 3.05) is 13.2 Å². The molecular formula is C12H22O3. The van der Waals surface area contributed by atoms with Crippen LogP contribution in [0.2, 0.25) is 0 Å². The number of rotatable bonds is 8. The first-order valence-electron chi connectivity index (χ1n) is 5.52. The van der Waals surface area contributed by atoms with Gasteiger partial charge in [-0.15, -0.1) is 6.58 Å². The molecular weight excluding hydrogens is 192 g/mol. The molecule has 0 saturated carbocycles. The van der Waals surface area contributed by atoms with Gasteiger partial charge in [0.1, 0.15) is 0 Å². The second-order valence-corrected chi connectivity index (χ2v) is 3.88. The monoisotopic (exact) mass is 214 g/mol. The topological polar surface area (TPSA) is 46.5 Å². The molecule has 0 bridgehead atoms. The number of hydrogen-bond donors (Lipinski definition) is 1. The number of aliphatic hydroxyl groups excluding tert-OH is 1. The number of unbranched alkanes of at least 4 members (excludes halogenated alkanes) is 2. The van der Waals surface area contributed by atoms with Crippen molar-refractivity contribution in [1.82, 2.24) is 0 Å². The fourth-order valence-corrected chi connectivity index (χ4v) is 1.36. The highest BCUT2D eigenvalue weighted by atomic mass is 16.5. The predicted octanol–water partition coefficient (Wildman–Crippen LogP) is 2.29. The van der Waals surface area contributed by atoms with Crippen molar-refractivity contribution < 1.29 is 14.6 Å². The van der Waals surface area contributed by atoms with Crippen molar-refractivity contribution in [2.45, 2.75) is 39.5 Å². The van der Waals surface area contributed by atoms with Crippen LogP contribution in [0, 0.1) is 5.41 Å². The van der Waals surface area contributed by atoms with E-state index in [-0.39, 0.29) is 12.6 Å². The van der Waals surface area contributed by atoms with Gasteiger partial charge in [0.25, 0.3) is 0 Å². The Bertz CT molecular complexity index is 201. The molecule has 0 rings (SSSR count). The molecule has 1 unspecified atom stereocenters. The van der Waals surface area contributed by atoms with E-state index < -0.39 is 5.41 Å². The van der Waals surface area contributed by atoms with Crippen LogP contribution < -0.4 is 0 Å². The van der Waals surface area contributed by atoms with Crippen LogP contribution in [0.25, 0.3) is 0 Å². The normalized spacial score (nSPS) is 14.3. The highest BCUT2D eigenvalue weighted by Gasteiger charge is 2.30. The maximum atomic E-state index is 11.6. The van der Waals surface area contributed by atoms with Crippen molar-refractivity contribution in [1.29, 1.82) is 0 Å². The summed E-state index contributed by atoms with van der Waals surface area (Å²) in [5, 5.41) is 8.63. The first kappa shape index (κ1) is 14.2. The zero-order valence-electron chi connectivity index (χ0n) is 9.79. The minimum absolute atomic E-state index is 0.205. The molecule has 0 aromatic rings. The van der Waals surface area contributed by atoms with Crippen LogP contribution in [0.1, 0.15) is 39.5 Å². The summed E-state index contributed by atoms with van der Waals surface area (Å²) in [6.07, 6.45) is 5.01. The average molecular weight is 214 g/mol. The summed E-state index contributed by atoms with van der Waals surface area (Å²) in [6, 6.07) is 0. The molecule has 0 radical (unpaired) electrons. The molecule has 0 amide bonds. The Labute approximate surface area is 92.1 Å². The van der Waals surface area contributed by atoms with Gasteiger partial charge in [-0.2, -0.15) is 0 Å². The van der Waals surface area contributed by atoms with Gasteiger partial charge in [0.2, 0.25) is 0 Å². The molecule has 0 aliphatic rings. The molecule has 0 aliphatic carbocycles. The summed E-state index contributed by atoms with van der Waals surface area (Å²) >= 11 is 0. The van der Waals surface area contributed by atoms with Gasteiger partial charge >= 0.3 is 5.97 Å². The smallest absolute Gasteiger partial charge is 0.315 e. The Morgan fingerprint density at radius 1 is 1.47 bits per heavy atom. The van der Waals surface area contributed by atoms with Crippen LogP contribution in [0.3, 0.4) is 0 Å². The third-order valence-corrected chi connectivity index (χ3v) is 2.55. The number of aliphatic hydroxyl groups is 1. The summed E-state index contributed by atoms with van der Waals surface area (Å²) in [4.78, 5) is 11.6. The lowest BCUT2D eigenvalue weighted by Crippen LogP contribution is -2.27. The molecule has 0 aromatic heterocycles. The van der Waals surface area contributed by atoms with Gasteiger partial charge in [-0.3, -0.25) is 4.79 Å². The van der Waals surface area contributed by atoms with Crippen molar-refractivity contribution in [3.05, 3.63) is 12.7 Å². The van der Waals surface area contributed by atoms with Crippen LogP contribution in [0.5, 0.6) is 0 Å². The first-order valence-corrected chi connectivity index (χ1v) is 5.52. The Morgan fingerprint density at radius 3 is 2.60 bits per heavy atom. The SMILES string of the molecule is C=CC(C)(CCCCCO)C(=O)OCC. The Kier molecular flexibility index (Phi) is 7.05. The van der Waals surface area contributed by atoms with E-state index in [9.17, 15) is 4.79 Å². The summed E-state index contributed by atoms with van der Waals surface area (Å²) in [5.41, 5.74) is -0.578. The molecule has 0 heterocycles. The standard InChI is InChI=1S/C12H22O3/c1-4-12(3,11(14)15-5-2)9-7-6-8-10-13/h4,13H,1,5-10H2,2-3H3. The van der Waals surface area contributed by atoms with Gasteiger partial charge in [0.05, 0.1) is 12.0 Å². The molecule has 88 valence electrons. The van der Waals surface area contributed by atoms with Crippen molar-refractivity contribution in [3.63, 3.8) is 0 Å². The second-order valence-electron chi connectivity index (χ2n) is 3.88. The van der Waals surface area contributed by atoms with Crippen molar-refractivity contribution >= 4 is 5.97 Å². The van der Waals surface area contributed by atoms with Crippen LogP contribution in [0.4, 0.5) is 0 Å². The lowest BCUT2D eigenvalue weighted by molar-refractivity contribution is -0.151. The molecule has 0 aromatic carbocycles. The van der Waals surface area contributed by atoms with E-state index in [1.165, 1.54) is 0 Å². The average Bonchev–Trinajstić information content (AvgIpc) is 2.24. The van der Waals surface area contributed by atoms with E-state index >= 15 is 0 Å². The van der Waals surface area contributed by atoms with Gasteiger partial charge in [-0.05, 0) is 26.7 Å². The molecule has 1 N–H and O–H groups in total. The van der Waals surface area contributed by atoms with Gasteiger partial charge in [-0.25, -0.2) is 0 Å². The number of carbonyl (C=O) groups is 1. The van der Waals surface area contributed by atoms with Crippen molar-refractivity contribution in [3.8, 4) is 0 Å². The van der Waals surface area contributed by atoms with Gasteiger partial charge in [0.15, 0.2) is 0 Å². The zero-order chi connectivity index (χ0) is 11.7. The van der Waals surface area contributed by atoms with Gasteiger partial charge in [-0.1, -0.05) is 18.9 Å². The zero-order valence-corrected chi connectivity index (χ0v) is 9.79. The predicted molar refractivity (Wildman–Crippen MR) is 60.5 cm³/mol. The number of hydrogen-bond acceptors (Lipinski definition) is 3. The summed E-state index contributed by atoms with van der Waals surface area (Å²) < 4.78 is 5.00. The summed E-state index contributed by atoms with van der Waals surface area (Å²) in [5.74, 6) is -0.205. The molecule has 0 spiro atoms. The summed E-state index contributed by atoms with van der Waals surface area (Å²) in [7, 11) is 0. The fraction of sp³-hybridized carbons (Fsp3) is 0.750. The number of ether oxygens (including phenoxy) is 1. The minimum Gasteiger partial charge on any atom is -0.465 e. The molecule has 0 fully saturated rings. The molecule has 3 nitrogen and oxygen atoms in total. The second kappa shape index (κ2) is 7.46. The van der Waals surface area contributed by atoms with Crippen LogP contribution >= 0.6 is 0 Å². The Hall–Kier alpha value is -0.830. The molecule has 1 atom stereocenters. The van der Waals surface area contributed by atoms with E-state index in [1.54, 1.807) is 13.0 Å². The van der Waals surface area contributed by atoms with Crippen molar-refractivity contribution in [2.24, 2.45) is 5.41 Å². The third kappa shape index (κ3) is 4.98. The van der Waals surface area contributed by atoms with E-state index in [0.717, 1.165) is 25.7 Å². The lowest BCUT2D eigenvalue weighted by atomic mass is 9.85. The Balaban J connectivity index is 4.06. The highest BCUT2D eigenvalue weighted by Crippen LogP contribution is 2.27. The van der Waals surface area contributed by atoms with Crippen LogP contribution in [0.15, 0.2) is 12.7 Å². The molecule has 15 heavy (non-hydrogen) atoms. The maximum Gasteiger partial charge on any atom is 0.315 e. The molecule has 3 heteroatoms. The first-order chi connectivity index (χ1) is 7.10. The van der Waals surface area contributed by atoms with E-state index in [2.05, 4.69) is 6.58 Å². The van der Waals surface area contributed by atoms with Crippen LogP contribution in [-0.4, -0.2) is 24.3 Å². The maximum absolute atomic E-state index is 11.6. The summed E-state index contributed by atoms with van der Waals surface area (Å²) in [6.45, 7) is 7.94. The highest BCUT2D eigenvalue weighted by molar-refractivity contribution is 5.78. The van der Waals surface area contributed by atoms with Crippen LogP contribution in [-0.2, 0) is 9.53 Å². The minimum atomic E-state index is -0.578. The largest absolute Gasteiger partial charge is 0.465 e. The fourth-order valence-electron chi connectivity index (χ4n) is 1.36. The van der Waals surface area contributed by atoms with Gasteiger partial charge in [0, 0.05) is 6.61 Å². The quantitative estimate of drug-likeness (QED) is 0.383.